The fourth-order valence-corrected chi connectivity index (χ4v) is 3.13. The van der Waals surface area contributed by atoms with Crippen molar-refractivity contribution in [1.82, 2.24) is 20.5 Å². The molecule has 0 saturated carbocycles. The molecule has 1 saturated heterocycles. The van der Waals surface area contributed by atoms with Crippen molar-refractivity contribution in [3.63, 3.8) is 0 Å². The highest BCUT2D eigenvalue weighted by Crippen LogP contribution is 2.23. The zero-order valence-electron chi connectivity index (χ0n) is 14.0. The second kappa shape index (κ2) is 6.95. The summed E-state index contributed by atoms with van der Waals surface area (Å²) in [5.41, 5.74) is 1.49. The van der Waals surface area contributed by atoms with E-state index >= 15 is 0 Å². The number of aromatic nitrogens is 3. The Kier molecular flexibility index (Phi) is 4.35. The number of carbonyl (C=O) groups excluding carboxylic acids is 1. The van der Waals surface area contributed by atoms with E-state index in [2.05, 4.69) is 25.4 Å². The highest BCUT2D eigenvalue weighted by molar-refractivity contribution is 5.92. The van der Waals surface area contributed by atoms with E-state index in [1.165, 1.54) is 6.07 Å². The Hall–Kier alpha value is -3.22. The minimum atomic E-state index is -0.317. The molecule has 1 aromatic carbocycles. The van der Waals surface area contributed by atoms with Crippen LogP contribution in [-0.4, -0.2) is 40.2 Å². The van der Waals surface area contributed by atoms with Crippen molar-refractivity contribution in [3.05, 3.63) is 66.2 Å². The first-order valence-electron chi connectivity index (χ1n) is 8.48. The molecule has 1 atom stereocenters. The first-order chi connectivity index (χ1) is 12.7. The van der Waals surface area contributed by atoms with Crippen LogP contribution in [0.1, 0.15) is 16.9 Å². The Balaban J connectivity index is 1.41. The van der Waals surface area contributed by atoms with Crippen molar-refractivity contribution < 1.29 is 9.18 Å². The number of hydrogen-bond donors (Lipinski definition) is 2. The van der Waals surface area contributed by atoms with Gasteiger partial charge in [-0.2, -0.15) is 0 Å². The van der Waals surface area contributed by atoms with Crippen LogP contribution in [0.15, 0.2) is 54.7 Å². The topological polar surface area (TPSA) is 73.9 Å². The van der Waals surface area contributed by atoms with Crippen molar-refractivity contribution >= 4 is 11.7 Å². The average molecular weight is 351 g/mol. The van der Waals surface area contributed by atoms with E-state index in [0.717, 1.165) is 18.8 Å². The molecule has 1 aliphatic rings. The fourth-order valence-electron chi connectivity index (χ4n) is 3.13. The number of nitrogens with one attached hydrogen (secondary N) is 2. The van der Waals surface area contributed by atoms with Crippen LogP contribution in [0.5, 0.6) is 0 Å². The summed E-state index contributed by atoms with van der Waals surface area (Å²) < 4.78 is 13.8. The quantitative estimate of drug-likeness (QED) is 0.758. The number of halogens is 1. The number of nitrogens with zero attached hydrogens (tertiary/aromatic N) is 3. The van der Waals surface area contributed by atoms with Gasteiger partial charge in [0, 0.05) is 30.9 Å². The van der Waals surface area contributed by atoms with E-state index < -0.39 is 0 Å². The van der Waals surface area contributed by atoms with Crippen molar-refractivity contribution in [3.8, 4) is 11.3 Å². The summed E-state index contributed by atoms with van der Waals surface area (Å²) in [6.07, 6.45) is 2.56. The molecule has 4 rings (SSSR count). The van der Waals surface area contributed by atoms with E-state index in [-0.39, 0.29) is 17.8 Å². The Morgan fingerprint density at radius 2 is 2.04 bits per heavy atom. The molecule has 6 nitrogen and oxygen atoms in total. The van der Waals surface area contributed by atoms with Gasteiger partial charge < -0.3 is 15.2 Å². The largest absolute Gasteiger partial charge is 0.357 e. The van der Waals surface area contributed by atoms with Gasteiger partial charge in [0.1, 0.15) is 11.5 Å². The molecule has 1 amide bonds. The third-order valence-electron chi connectivity index (χ3n) is 4.49. The molecule has 3 aromatic rings. The molecular weight excluding hydrogens is 333 g/mol. The third-order valence-corrected chi connectivity index (χ3v) is 4.49. The Bertz CT molecular complexity index is 895. The first-order valence-corrected chi connectivity index (χ1v) is 8.48. The van der Waals surface area contributed by atoms with Gasteiger partial charge in [0.15, 0.2) is 5.82 Å². The summed E-state index contributed by atoms with van der Waals surface area (Å²) in [6, 6.07) is 13.7. The van der Waals surface area contributed by atoms with Crippen molar-refractivity contribution in [2.24, 2.45) is 0 Å². The first kappa shape index (κ1) is 16.3. The van der Waals surface area contributed by atoms with Crippen LogP contribution in [0.25, 0.3) is 11.3 Å². The lowest BCUT2D eigenvalue weighted by Gasteiger charge is -2.17. The molecule has 0 bridgehead atoms. The molecule has 0 spiro atoms. The number of benzene rings is 1. The smallest absolute Gasteiger partial charge is 0.267 e. The molecule has 0 unspecified atom stereocenters. The van der Waals surface area contributed by atoms with E-state index in [1.54, 1.807) is 42.6 Å². The van der Waals surface area contributed by atoms with Crippen LogP contribution < -0.4 is 10.2 Å². The molecular formula is C19H18FN5O. The second-order valence-electron chi connectivity index (χ2n) is 6.25. The maximum atomic E-state index is 13.8. The van der Waals surface area contributed by atoms with Crippen LogP contribution >= 0.6 is 0 Å². The van der Waals surface area contributed by atoms with Gasteiger partial charge in [-0.15, -0.1) is 10.2 Å². The molecule has 3 heterocycles. The second-order valence-corrected chi connectivity index (χ2v) is 6.25. The monoisotopic (exact) mass is 351 g/mol. The van der Waals surface area contributed by atoms with Gasteiger partial charge in [-0.1, -0.05) is 12.1 Å². The lowest BCUT2D eigenvalue weighted by Crippen LogP contribution is -2.37. The Morgan fingerprint density at radius 3 is 2.77 bits per heavy atom. The maximum absolute atomic E-state index is 13.8. The van der Waals surface area contributed by atoms with Gasteiger partial charge in [0.2, 0.25) is 0 Å². The zero-order valence-corrected chi connectivity index (χ0v) is 14.0. The average Bonchev–Trinajstić information content (AvgIpc) is 3.34. The van der Waals surface area contributed by atoms with E-state index in [0.29, 0.717) is 23.5 Å². The number of anilines is 1. The molecule has 1 fully saturated rings. The van der Waals surface area contributed by atoms with E-state index in [9.17, 15) is 9.18 Å². The predicted octanol–water partition coefficient (Wildman–Crippen LogP) is 2.62. The minimum Gasteiger partial charge on any atom is -0.357 e. The van der Waals surface area contributed by atoms with Crippen LogP contribution in [-0.2, 0) is 0 Å². The third kappa shape index (κ3) is 3.28. The van der Waals surface area contributed by atoms with Crippen LogP contribution in [0, 0.1) is 5.82 Å². The van der Waals surface area contributed by atoms with Gasteiger partial charge >= 0.3 is 0 Å². The molecule has 7 heteroatoms. The van der Waals surface area contributed by atoms with Gasteiger partial charge in [-0.05, 0) is 42.8 Å². The number of H-pyrrole nitrogens is 1. The molecule has 2 N–H and O–H groups in total. The normalized spacial score (nSPS) is 16.7. The Labute approximate surface area is 150 Å². The van der Waals surface area contributed by atoms with E-state index in [1.807, 2.05) is 6.07 Å². The van der Waals surface area contributed by atoms with E-state index in [4.69, 9.17) is 0 Å². The summed E-state index contributed by atoms with van der Waals surface area (Å²) in [5.74, 6) is 0.298. The predicted molar refractivity (Wildman–Crippen MR) is 96.3 cm³/mol. The van der Waals surface area contributed by atoms with Crippen LogP contribution in [0.3, 0.4) is 0 Å². The van der Waals surface area contributed by atoms with Crippen molar-refractivity contribution in [1.29, 1.82) is 0 Å². The molecule has 0 radical (unpaired) electrons. The number of carbonyl (C=O) groups is 1. The molecule has 26 heavy (non-hydrogen) atoms. The minimum absolute atomic E-state index is 0.0545. The summed E-state index contributed by atoms with van der Waals surface area (Å²) in [4.78, 5) is 17.1. The lowest BCUT2D eigenvalue weighted by molar-refractivity contribution is 0.0936. The molecule has 2 aromatic heterocycles. The van der Waals surface area contributed by atoms with Gasteiger partial charge in [0.05, 0.1) is 5.69 Å². The highest BCUT2D eigenvalue weighted by Gasteiger charge is 2.25. The highest BCUT2D eigenvalue weighted by atomic mass is 19.1. The summed E-state index contributed by atoms with van der Waals surface area (Å²) >= 11 is 0. The maximum Gasteiger partial charge on any atom is 0.267 e. The summed E-state index contributed by atoms with van der Waals surface area (Å²) in [6.45, 7) is 1.45. The SMILES string of the molecule is O=C(N[C@@H]1CCN(c2ccc(-c3ccccc3F)nn2)C1)c1ccc[nH]1. The fraction of sp³-hybridized carbons (Fsp3) is 0.211. The van der Waals surface area contributed by atoms with Crippen molar-refractivity contribution in [2.45, 2.75) is 12.5 Å². The lowest BCUT2D eigenvalue weighted by atomic mass is 10.1. The van der Waals surface area contributed by atoms with Crippen LogP contribution in [0.4, 0.5) is 10.2 Å². The summed E-state index contributed by atoms with van der Waals surface area (Å²) in [7, 11) is 0. The zero-order chi connectivity index (χ0) is 17.9. The van der Waals surface area contributed by atoms with Gasteiger partial charge in [0.25, 0.3) is 5.91 Å². The van der Waals surface area contributed by atoms with Crippen molar-refractivity contribution in [2.75, 3.05) is 18.0 Å². The molecule has 0 aliphatic carbocycles. The number of aromatic amines is 1. The number of amides is 1. The van der Waals surface area contributed by atoms with Gasteiger partial charge in [-0.3, -0.25) is 4.79 Å². The Morgan fingerprint density at radius 1 is 1.15 bits per heavy atom. The standard InChI is InChI=1S/C19H18FN5O/c20-15-5-2-1-4-14(15)16-7-8-18(24-23-16)25-11-9-13(12-25)22-19(26)17-6-3-10-21-17/h1-8,10,13,21H,9,11-12H2,(H,22,26)/t13-/m1/s1. The van der Waals surface area contributed by atoms with Gasteiger partial charge in [-0.25, -0.2) is 4.39 Å². The summed E-state index contributed by atoms with van der Waals surface area (Å²) in [5, 5.41) is 11.4. The van der Waals surface area contributed by atoms with Crippen LogP contribution in [0.2, 0.25) is 0 Å². The molecule has 132 valence electrons. The number of hydrogen-bond acceptors (Lipinski definition) is 4. The number of rotatable bonds is 4. The molecule has 1 aliphatic heterocycles.